The topological polar surface area (TPSA) is 0 Å². The summed E-state index contributed by atoms with van der Waals surface area (Å²) in [6.07, 6.45) is 6.26. The molecule has 0 saturated carbocycles. The lowest BCUT2D eigenvalue weighted by atomic mass is 9.99. The van der Waals surface area contributed by atoms with E-state index in [-0.39, 0.29) is 0 Å². The fourth-order valence-electron chi connectivity index (χ4n) is 2.12. The van der Waals surface area contributed by atoms with Crippen LogP contribution < -0.4 is 0 Å². The van der Waals surface area contributed by atoms with E-state index in [0.717, 1.165) is 0 Å². The summed E-state index contributed by atoms with van der Waals surface area (Å²) < 4.78 is 0. The Morgan fingerprint density at radius 2 is 1.71 bits per heavy atom. The van der Waals surface area contributed by atoms with Crippen LogP contribution in [0, 0.1) is 0 Å². The first kappa shape index (κ1) is 7.57. The molecular weight excluding hydrogens is 168 g/mol. The van der Waals surface area contributed by atoms with Crippen LogP contribution in [0.25, 0.3) is 29.0 Å². The van der Waals surface area contributed by atoms with Crippen LogP contribution in [0.4, 0.5) is 0 Å². The van der Waals surface area contributed by atoms with Gasteiger partial charge in [-0.05, 0) is 27.5 Å². The summed E-state index contributed by atoms with van der Waals surface area (Å²) in [5, 5.41) is 2.67. The Kier molecular flexibility index (Phi) is 1.40. The van der Waals surface area contributed by atoms with E-state index in [4.69, 9.17) is 0 Å². The first-order chi connectivity index (χ1) is 6.90. The van der Waals surface area contributed by atoms with Crippen molar-refractivity contribution in [3.63, 3.8) is 0 Å². The largest absolute Gasteiger partial charge is 0.0984 e. The van der Waals surface area contributed by atoms with Crippen LogP contribution in [-0.2, 0) is 0 Å². The Morgan fingerprint density at radius 3 is 2.50 bits per heavy atom. The van der Waals surface area contributed by atoms with Crippen LogP contribution in [0.1, 0.15) is 16.7 Å². The molecule has 0 unspecified atom stereocenters. The van der Waals surface area contributed by atoms with Gasteiger partial charge >= 0.3 is 0 Å². The van der Waals surface area contributed by atoms with E-state index in [2.05, 4.69) is 49.1 Å². The summed E-state index contributed by atoms with van der Waals surface area (Å²) in [5.74, 6) is 0. The molecule has 66 valence electrons. The highest BCUT2D eigenvalue weighted by molar-refractivity contribution is 6.07. The lowest BCUT2D eigenvalue weighted by molar-refractivity contribution is 1.69. The second-order valence-electron chi connectivity index (χ2n) is 3.55. The zero-order chi connectivity index (χ0) is 9.54. The first-order valence-corrected chi connectivity index (χ1v) is 4.76. The van der Waals surface area contributed by atoms with Crippen molar-refractivity contribution in [1.82, 2.24) is 0 Å². The van der Waals surface area contributed by atoms with Crippen molar-refractivity contribution < 1.29 is 0 Å². The third-order valence-electron chi connectivity index (χ3n) is 2.80. The van der Waals surface area contributed by atoms with Crippen molar-refractivity contribution in [3.8, 4) is 0 Å². The zero-order valence-electron chi connectivity index (χ0n) is 7.83. The molecule has 0 nitrogen and oxygen atoms in total. The van der Waals surface area contributed by atoms with Crippen LogP contribution >= 0.6 is 0 Å². The molecule has 0 saturated heterocycles. The number of rotatable bonds is 1. The van der Waals surface area contributed by atoms with E-state index < -0.39 is 0 Å². The van der Waals surface area contributed by atoms with E-state index in [9.17, 15) is 0 Å². The Balaban J connectivity index is 2.57. The normalized spacial score (nSPS) is 12.3. The third kappa shape index (κ3) is 0.828. The lowest BCUT2D eigenvalue weighted by Crippen LogP contribution is -1.81. The maximum atomic E-state index is 3.84. The molecule has 0 bridgehead atoms. The first-order valence-electron chi connectivity index (χ1n) is 4.76. The molecule has 0 fully saturated rings. The Labute approximate surface area is 83.2 Å². The molecule has 0 N–H and O–H groups in total. The van der Waals surface area contributed by atoms with Gasteiger partial charge in [0.05, 0.1) is 0 Å². The summed E-state index contributed by atoms with van der Waals surface area (Å²) in [5.41, 5.74) is 3.86. The number of hydrogen-bond acceptors (Lipinski definition) is 0. The van der Waals surface area contributed by atoms with Gasteiger partial charge in [0.2, 0.25) is 0 Å². The quantitative estimate of drug-likeness (QED) is 0.529. The maximum absolute atomic E-state index is 3.84. The number of hydrogen-bond donors (Lipinski definition) is 0. The van der Waals surface area contributed by atoms with Gasteiger partial charge in [0.25, 0.3) is 0 Å². The SMILES string of the molecule is C=Cc1ccc2c3c(cccc13)C=C2. The molecular formula is C14H10. The Hall–Kier alpha value is -1.82. The van der Waals surface area contributed by atoms with E-state index in [1.165, 1.54) is 27.5 Å². The van der Waals surface area contributed by atoms with E-state index in [0.29, 0.717) is 0 Å². The molecule has 0 spiro atoms. The second kappa shape index (κ2) is 2.58. The van der Waals surface area contributed by atoms with Gasteiger partial charge in [0, 0.05) is 0 Å². The highest BCUT2D eigenvalue weighted by atomic mass is 14.1. The summed E-state index contributed by atoms with van der Waals surface area (Å²) >= 11 is 0. The highest BCUT2D eigenvalue weighted by Crippen LogP contribution is 2.33. The average molecular weight is 178 g/mol. The van der Waals surface area contributed by atoms with Gasteiger partial charge in [0.15, 0.2) is 0 Å². The molecule has 2 aromatic rings. The molecule has 2 aromatic carbocycles. The van der Waals surface area contributed by atoms with Crippen molar-refractivity contribution in [3.05, 3.63) is 53.6 Å². The molecule has 1 aliphatic carbocycles. The predicted octanol–water partition coefficient (Wildman–Crippen LogP) is 3.97. The van der Waals surface area contributed by atoms with Crippen LogP contribution in [0.2, 0.25) is 0 Å². The second-order valence-corrected chi connectivity index (χ2v) is 3.55. The van der Waals surface area contributed by atoms with Crippen molar-refractivity contribution in [2.24, 2.45) is 0 Å². The smallest absolute Gasteiger partial charge is 0.00328 e. The van der Waals surface area contributed by atoms with Crippen LogP contribution in [0.15, 0.2) is 36.9 Å². The van der Waals surface area contributed by atoms with Crippen molar-refractivity contribution in [2.45, 2.75) is 0 Å². The lowest BCUT2D eigenvalue weighted by Gasteiger charge is -2.04. The third-order valence-corrected chi connectivity index (χ3v) is 2.80. The molecule has 1 aliphatic rings. The maximum Gasteiger partial charge on any atom is -0.00328 e. The highest BCUT2D eigenvalue weighted by Gasteiger charge is 2.09. The summed E-state index contributed by atoms with van der Waals surface area (Å²) in [4.78, 5) is 0. The summed E-state index contributed by atoms with van der Waals surface area (Å²) in [7, 11) is 0. The van der Waals surface area contributed by atoms with Crippen LogP contribution in [0.5, 0.6) is 0 Å². The molecule has 0 heteroatoms. The van der Waals surface area contributed by atoms with E-state index in [1.807, 2.05) is 6.08 Å². The van der Waals surface area contributed by atoms with Gasteiger partial charge < -0.3 is 0 Å². The minimum atomic E-state index is 1.22. The molecule has 3 rings (SSSR count). The van der Waals surface area contributed by atoms with Gasteiger partial charge in [-0.15, -0.1) is 0 Å². The summed E-state index contributed by atoms with van der Waals surface area (Å²) in [6.45, 7) is 3.84. The van der Waals surface area contributed by atoms with Gasteiger partial charge in [-0.25, -0.2) is 0 Å². The van der Waals surface area contributed by atoms with Crippen molar-refractivity contribution >= 4 is 29.0 Å². The molecule has 0 atom stereocenters. The standard InChI is InChI=1S/C14H10/c1-2-10-6-7-12-9-8-11-4-3-5-13(10)14(11)12/h2-9H,1H2. The van der Waals surface area contributed by atoms with Gasteiger partial charge in [-0.3, -0.25) is 0 Å². The predicted molar refractivity (Wildman–Crippen MR) is 63.0 cm³/mol. The molecule has 0 aromatic heterocycles. The number of benzene rings is 2. The van der Waals surface area contributed by atoms with Crippen LogP contribution in [-0.4, -0.2) is 0 Å². The van der Waals surface area contributed by atoms with Gasteiger partial charge in [-0.1, -0.05) is 55.1 Å². The average Bonchev–Trinajstić information content (AvgIpc) is 2.65. The van der Waals surface area contributed by atoms with Gasteiger partial charge in [0.1, 0.15) is 0 Å². The molecule has 0 amide bonds. The Bertz CT molecular complexity index is 547. The Morgan fingerprint density at radius 1 is 0.929 bits per heavy atom. The van der Waals surface area contributed by atoms with Crippen molar-refractivity contribution in [1.29, 1.82) is 0 Å². The fourth-order valence-corrected chi connectivity index (χ4v) is 2.12. The molecule has 14 heavy (non-hydrogen) atoms. The summed E-state index contributed by atoms with van der Waals surface area (Å²) in [6, 6.07) is 10.7. The minimum Gasteiger partial charge on any atom is -0.0984 e. The molecule has 0 radical (unpaired) electrons. The van der Waals surface area contributed by atoms with Gasteiger partial charge in [-0.2, -0.15) is 0 Å². The fraction of sp³-hybridized carbons (Fsp3) is 0. The van der Waals surface area contributed by atoms with Crippen LogP contribution in [0.3, 0.4) is 0 Å². The van der Waals surface area contributed by atoms with E-state index >= 15 is 0 Å². The minimum absolute atomic E-state index is 1.22. The van der Waals surface area contributed by atoms with E-state index in [1.54, 1.807) is 0 Å². The molecule has 0 heterocycles. The van der Waals surface area contributed by atoms with Crippen molar-refractivity contribution in [2.75, 3.05) is 0 Å². The molecule has 0 aliphatic heterocycles. The zero-order valence-corrected chi connectivity index (χ0v) is 7.83. The monoisotopic (exact) mass is 178 g/mol.